The van der Waals surface area contributed by atoms with Gasteiger partial charge in [0.2, 0.25) is 0 Å². The maximum absolute atomic E-state index is 5.77. The summed E-state index contributed by atoms with van der Waals surface area (Å²) in [7, 11) is 0. The largest absolute Gasteiger partial charge is 0.463 e. The lowest BCUT2D eigenvalue weighted by Gasteiger charge is -2.06. The van der Waals surface area contributed by atoms with Crippen LogP contribution in [0.5, 0.6) is 0 Å². The molecule has 0 aliphatic rings. The first kappa shape index (κ1) is 11.0. The molecule has 0 unspecified atom stereocenters. The number of aromatic nitrogens is 2. The van der Waals surface area contributed by atoms with E-state index in [1.807, 2.05) is 26.0 Å². The second-order valence-electron chi connectivity index (χ2n) is 4.19. The molecule has 0 radical (unpaired) electrons. The van der Waals surface area contributed by atoms with Crippen molar-refractivity contribution < 1.29 is 8.94 Å². The molecule has 92 valence electrons. The Morgan fingerprint density at radius 3 is 2.83 bits per heavy atom. The van der Waals surface area contributed by atoms with Crippen LogP contribution in [0.4, 0.5) is 0 Å². The van der Waals surface area contributed by atoms with Crippen LogP contribution in [0, 0.1) is 13.8 Å². The van der Waals surface area contributed by atoms with E-state index >= 15 is 0 Å². The predicted molar refractivity (Wildman–Crippen MR) is 66.9 cm³/mol. The average Bonchev–Trinajstić information content (AvgIpc) is 2.96. The molecule has 3 heterocycles. The van der Waals surface area contributed by atoms with Gasteiger partial charge in [0, 0.05) is 12.2 Å². The van der Waals surface area contributed by atoms with E-state index in [0.29, 0.717) is 23.7 Å². The highest BCUT2D eigenvalue weighted by molar-refractivity contribution is 5.91. The van der Waals surface area contributed by atoms with Gasteiger partial charge in [-0.25, -0.2) is 4.98 Å². The third-order valence-corrected chi connectivity index (χ3v) is 3.17. The molecule has 0 saturated carbocycles. The molecule has 3 aromatic heterocycles. The summed E-state index contributed by atoms with van der Waals surface area (Å²) in [4.78, 5) is 4.39. The maximum atomic E-state index is 5.77. The maximum Gasteiger partial charge on any atom is 0.258 e. The number of nitrogens with zero attached hydrogens (tertiary/aromatic N) is 2. The molecule has 3 rings (SSSR count). The molecule has 0 atom stereocenters. The summed E-state index contributed by atoms with van der Waals surface area (Å²) < 4.78 is 10.6. The van der Waals surface area contributed by atoms with Crippen LogP contribution in [0.1, 0.15) is 16.8 Å². The van der Waals surface area contributed by atoms with E-state index in [4.69, 9.17) is 14.7 Å². The van der Waals surface area contributed by atoms with E-state index in [2.05, 4.69) is 10.1 Å². The number of nitrogens with two attached hydrogens (primary N) is 1. The second-order valence-corrected chi connectivity index (χ2v) is 4.19. The van der Waals surface area contributed by atoms with Crippen molar-refractivity contribution in [3.63, 3.8) is 0 Å². The molecule has 0 amide bonds. The molecule has 0 fully saturated rings. The Kier molecular flexibility index (Phi) is 2.41. The molecule has 5 nitrogen and oxygen atoms in total. The van der Waals surface area contributed by atoms with Gasteiger partial charge in [0.15, 0.2) is 11.5 Å². The minimum atomic E-state index is 0.448. The highest BCUT2D eigenvalue weighted by atomic mass is 16.5. The Morgan fingerprint density at radius 2 is 2.17 bits per heavy atom. The third kappa shape index (κ3) is 1.44. The molecule has 5 heteroatoms. The normalized spacial score (nSPS) is 11.3. The van der Waals surface area contributed by atoms with Crippen LogP contribution in [0.3, 0.4) is 0 Å². The average molecular weight is 243 g/mol. The van der Waals surface area contributed by atoms with Gasteiger partial charge in [-0.3, -0.25) is 0 Å². The Hall–Kier alpha value is -2.14. The monoisotopic (exact) mass is 243 g/mol. The van der Waals surface area contributed by atoms with Crippen molar-refractivity contribution in [2.75, 3.05) is 0 Å². The van der Waals surface area contributed by atoms with Crippen molar-refractivity contribution in [3.8, 4) is 11.5 Å². The molecule has 0 aliphatic carbocycles. The van der Waals surface area contributed by atoms with Crippen molar-refractivity contribution in [1.82, 2.24) is 10.1 Å². The number of hydrogen-bond donors (Lipinski definition) is 1. The Bertz CT molecular complexity index is 699. The Balaban J connectivity index is 2.37. The highest BCUT2D eigenvalue weighted by Crippen LogP contribution is 2.32. The zero-order valence-electron chi connectivity index (χ0n) is 10.2. The lowest BCUT2D eigenvalue weighted by Crippen LogP contribution is -2.04. The minimum absolute atomic E-state index is 0.448. The number of rotatable bonds is 2. The minimum Gasteiger partial charge on any atom is -0.463 e. The molecule has 2 N–H and O–H groups in total. The van der Waals surface area contributed by atoms with Crippen molar-refractivity contribution in [1.29, 1.82) is 0 Å². The topological polar surface area (TPSA) is 78.1 Å². The van der Waals surface area contributed by atoms with Gasteiger partial charge in [-0.2, -0.15) is 0 Å². The van der Waals surface area contributed by atoms with E-state index in [0.717, 1.165) is 22.2 Å². The van der Waals surface area contributed by atoms with Gasteiger partial charge in [0.05, 0.1) is 11.6 Å². The summed E-state index contributed by atoms with van der Waals surface area (Å²) in [6.45, 7) is 4.37. The van der Waals surface area contributed by atoms with Crippen LogP contribution in [-0.2, 0) is 6.54 Å². The first-order valence-electron chi connectivity index (χ1n) is 5.71. The fraction of sp³-hybridized carbons (Fsp3) is 0.231. The molecule has 0 aliphatic heterocycles. The Labute approximate surface area is 104 Å². The first-order chi connectivity index (χ1) is 8.72. The summed E-state index contributed by atoms with van der Waals surface area (Å²) in [6, 6.07) is 3.66. The molecule has 0 aromatic carbocycles. The zero-order valence-corrected chi connectivity index (χ0v) is 10.2. The van der Waals surface area contributed by atoms with Gasteiger partial charge in [0.25, 0.3) is 5.71 Å². The van der Waals surface area contributed by atoms with E-state index in [1.54, 1.807) is 6.26 Å². The van der Waals surface area contributed by atoms with Crippen LogP contribution >= 0.6 is 0 Å². The zero-order chi connectivity index (χ0) is 12.7. The smallest absolute Gasteiger partial charge is 0.258 e. The van der Waals surface area contributed by atoms with E-state index in [-0.39, 0.29) is 0 Å². The molecule has 0 bridgehead atoms. The number of fused-ring (bicyclic) bond motifs is 1. The standard InChI is InChI=1S/C13H13N3O2/c1-7-9(6-14)8(2)15-13-11(7)12(16-18-13)10-4-3-5-17-10/h3-5H,6,14H2,1-2H3. The first-order valence-corrected chi connectivity index (χ1v) is 5.71. The van der Waals surface area contributed by atoms with Crippen LogP contribution in [0.15, 0.2) is 27.3 Å². The predicted octanol–water partition coefficient (Wildman–Crippen LogP) is 2.56. The second kappa shape index (κ2) is 3.96. The van der Waals surface area contributed by atoms with Gasteiger partial charge in [-0.1, -0.05) is 5.16 Å². The number of aryl methyl sites for hydroxylation is 2. The van der Waals surface area contributed by atoms with Gasteiger partial charge in [-0.05, 0) is 37.1 Å². The summed E-state index contributed by atoms with van der Waals surface area (Å²) in [5, 5.41) is 4.91. The lowest BCUT2D eigenvalue weighted by molar-refractivity contribution is 0.447. The van der Waals surface area contributed by atoms with Gasteiger partial charge in [-0.15, -0.1) is 0 Å². The van der Waals surface area contributed by atoms with Crippen LogP contribution in [0.2, 0.25) is 0 Å². The number of furan rings is 1. The fourth-order valence-corrected chi connectivity index (χ4v) is 2.22. The van der Waals surface area contributed by atoms with Gasteiger partial charge < -0.3 is 14.7 Å². The highest BCUT2D eigenvalue weighted by Gasteiger charge is 2.19. The summed E-state index contributed by atoms with van der Waals surface area (Å²) >= 11 is 0. The van der Waals surface area contributed by atoms with Crippen LogP contribution in [0.25, 0.3) is 22.6 Å². The SMILES string of the molecule is Cc1nc2onc(-c3ccco3)c2c(C)c1CN. The Morgan fingerprint density at radius 1 is 1.33 bits per heavy atom. The lowest BCUT2D eigenvalue weighted by atomic mass is 10.0. The van der Waals surface area contributed by atoms with Crippen molar-refractivity contribution in [3.05, 3.63) is 35.2 Å². The van der Waals surface area contributed by atoms with Gasteiger partial charge >= 0.3 is 0 Å². The molecule has 3 aromatic rings. The van der Waals surface area contributed by atoms with Crippen molar-refractivity contribution in [2.24, 2.45) is 5.73 Å². The quantitative estimate of drug-likeness (QED) is 0.748. The van der Waals surface area contributed by atoms with Crippen LogP contribution in [-0.4, -0.2) is 10.1 Å². The molecule has 18 heavy (non-hydrogen) atoms. The number of pyridine rings is 1. The molecule has 0 spiro atoms. The van der Waals surface area contributed by atoms with E-state index in [9.17, 15) is 0 Å². The molecular weight excluding hydrogens is 230 g/mol. The van der Waals surface area contributed by atoms with Crippen molar-refractivity contribution >= 4 is 11.1 Å². The summed E-state index contributed by atoms with van der Waals surface area (Å²) in [5.74, 6) is 0.672. The third-order valence-electron chi connectivity index (χ3n) is 3.17. The van der Waals surface area contributed by atoms with Crippen LogP contribution < -0.4 is 5.73 Å². The molecular formula is C13H13N3O2. The molecule has 0 saturated heterocycles. The van der Waals surface area contributed by atoms with E-state index < -0.39 is 0 Å². The van der Waals surface area contributed by atoms with E-state index in [1.165, 1.54) is 0 Å². The number of hydrogen-bond acceptors (Lipinski definition) is 5. The fourth-order valence-electron chi connectivity index (χ4n) is 2.22. The summed E-state index contributed by atoms with van der Waals surface area (Å²) in [5.41, 5.74) is 9.92. The van der Waals surface area contributed by atoms with Gasteiger partial charge in [0.1, 0.15) is 0 Å². The summed E-state index contributed by atoms with van der Waals surface area (Å²) in [6.07, 6.45) is 1.61. The van der Waals surface area contributed by atoms with Crippen molar-refractivity contribution in [2.45, 2.75) is 20.4 Å².